The smallest absolute Gasteiger partial charge is 0.292 e. The molecular formula is C25H27ClN4O2. The van der Waals surface area contributed by atoms with Crippen LogP contribution in [0.25, 0.3) is 5.69 Å². The molecule has 2 aromatic carbocycles. The van der Waals surface area contributed by atoms with Crippen LogP contribution >= 0.6 is 11.6 Å². The van der Waals surface area contributed by atoms with Gasteiger partial charge in [-0.3, -0.25) is 14.5 Å². The summed E-state index contributed by atoms with van der Waals surface area (Å²) in [5.41, 5.74) is 3.43. The molecule has 1 aromatic heterocycles. The number of carbonyl (C=O) groups excluding carboxylic acids is 2. The Bertz CT molecular complexity index is 1120. The Hall–Kier alpha value is -2.96. The first kappa shape index (κ1) is 22.2. The van der Waals surface area contributed by atoms with Crippen molar-refractivity contribution in [3.8, 4) is 5.69 Å². The third kappa shape index (κ3) is 4.61. The van der Waals surface area contributed by atoms with Gasteiger partial charge in [-0.05, 0) is 69.6 Å². The van der Waals surface area contributed by atoms with Gasteiger partial charge in [0.25, 0.3) is 11.7 Å². The van der Waals surface area contributed by atoms with Crippen molar-refractivity contribution in [2.45, 2.75) is 32.7 Å². The maximum Gasteiger partial charge on any atom is 0.292 e. The lowest BCUT2D eigenvalue weighted by Gasteiger charge is -2.28. The van der Waals surface area contributed by atoms with E-state index < -0.39 is 11.7 Å². The Morgan fingerprint density at radius 1 is 1.06 bits per heavy atom. The molecule has 0 bridgehead atoms. The van der Waals surface area contributed by atoms with E-state index in [4.69, 9.17) is 11.6 Å². The number of carbonyl (C=O) groups is 2. The zero-order valence-corrected chi connectivity index (χ0v) is 19.1. The van der Waals surface area contributed by atoms with Crippen LogP contribution in [0.4, 0.5) is 0 Å². The molecule has 0 spiro atoms. The number of para-hydroxylation sites is 1. The third-order valence-electron chi connectivity index (χ3n) is 6.00. The molecule has 1 amide bonds. The summed E-state index contributed by atoms with van der Waals surface area (Å²) in [6.45, 7) is 5.83. The van der Waals surface area contributed by atoms with Crippen molar-refractivity contribution in [2.24, 2.45) is 0 Å². The van der Waals surface area contributed by atoms with Gasteiger partial charge in [0.1, 0.15) is 0 Å². The number of aromatic nitrogens is 2. The quantitative estimate of drug-likeness (QED) is 0.431. The number of halogens is 1. The van der Waals surface area contributed by atoms with Crippen molar-refractivity contribution in [2.75, 3.05) is 19.6 Å². The van der Waals surface area contributed by atoms with Crippen LogP contribution in [0, 0.1) is 13.8 Å². The highest BCUT2D eigenvalue weighted by atomic mass is 35.5. The number of likely N-dealkylation sites (tertiary alicyclic amines) is 1. The normalized spacial score (nSPS) is 15.0. The fourth-order valence-electron chi connectivity index (χ4n) is 4.40. The van der Waals surface area contributed by atoms with Crippen molar-refractivity contribution >= 4 is 23.3 Å². The minimum Gasteiger partial charge on any atom is -0.347 e. The van der Waals surface area contributed by atoms with Crippen LogP contribution in [-0.2, 0) is 4.79 Å². The van der Waals surface area contributed by atoms with E-state index in [9.17, 15) is 9.59 Å². The van der Waals surface area contributed by atoms with Gasteiger partial charge in [-0.1, -0.05) is 41.9 Å². The SMILES string of the molecule is Cc1nn(-c2ccccc2)c(C)c1C(=O)C(=O)NCC(c1cccc(Cl)c1)N1CCCC1. The van der Waals surface area contributed by atoms with E-state index in [1.165, 1.54) is 0 Å². The van der Waals surface area contributed by atoms with E-state index in [0.717, 1.165) is 37.2 Å². The molecule has 0 radical (unpaired) electrons. The lowest BCUT2D eigenvalue weighted by atomic mass is 10.0. The summed E-state index contributed by atoms with van der Waals surface area (Å²) >= 11 is 6.21. The molecule has 0 aliphatic carbocycles. The van der Waals surface area contributed by atoms with Crippen LogP contribution in [-0.4, -0.2) is 46.0 Å². The van der Waals surface area contributed by atoms with Gasteiger partial charge in [0, 0.05) is 11.6 Å². The molecule has 3 aromatic rings. The van der Waals surface area contributed by atoms with Gasteiger partial charge in [-0.25, -0.2) is 4.68 Å². The van der Waals surface area contributed by atoms with Crippen LogP contribution in [0.2, 0.25) is 5.02 Å². The molecule has 4 rings (SSSR count). The number of ketones is 1. The zero-order valence-electron chi connectivity index (χ0n) is 18.3. The van der Waals surface area contributed by atoms with Gasteiger partial charge >= 0.3 is 0 Å². The minimum absolute atomic E-state index is 0.0258. The minimum atomic E-state index is -0.616. The van der Waals surface area contributed by atoms with Crippen LogP contribution < -0.4 is 5.32 Å². The fraction of sp³-hybridized carbons (Fsp3) is 0.320. The number of hydrogen-bond donors (Lipinski definition) is 1. The molecule has 1 unspecified atom stereocenters. The van der Waals surface area contributed by atoms with Gasteiger partial charge in [0.05, 0.1) is 28.7 Å². The Morgan fingerprint density at radius 3 is 2.47 bits per heavy atom. The largest absolute Gasteiger partial charge is 0.347 e. The summed E-state index contributed by atoms with van der Waals surface area (Å²) in [6, 6.07) is 17.2. The monoisotopic (exact) mass is 450 g/mol. The average molecular weight is 451 g/mol. The standard InChI is InChI=1S/C25H27ClN4O2/c1-17-23(18(2)30(28-17)21-11-4-3-5-12-21)24(31)25(32)27-16-22(29-13-6-7-14-29)19-9-8-10-20(26)15-19/h3-5,8-12,15,22H,6-7,13-14,16H2,1-2H3,(H,27,32). The number of nitrogens with one attached hydrogen (secondary N) is 1. The number of amides is 1. The molecule has 1 aliphatic rings. The summed E-state index contributed by atoms with van der Waals surface area (Å²) in [7, 11) is 0. The van der Waals surface area contributed by atoms with E-state index in [2.05, 4.69) is 15.3 Å². The topological polar surface area (TPSA) is 67.2 Å². The number of benzene rings is 2. The number of rotatable bonds is 7. The number of Topliss-reactive ketones (excluding diaryl/α,β-unsaturated/α-hetero) is 1. The molecule has 6 nitrogen and oxygen atoms in total. The van der Waals surface area contributed by atoms with E-state index in [1.54, 1.807) is 11.6 Å². The van der Waals surface area contributed by atoms with Gasteiger partial charge in [-0.2, -0.15) is 5.10 Å². The Morgan fingerprint density at radius 2 is 1.78 bits per heavy atom. The molecular weight excluding hydrogens is 424 g/mol. The van der Waals surface area contributed by atoms with Crippen molar-refractivity contribution in [3.63, 3.8) is 0 Å². The maximum absolute atomic E-state index is 13.1. The molecule has 1 aliphatic heterocycles. The summed E-state index contributed by atoms with van der Waals surface area (Å²) < 4.78 is 1.70. The van der Waals surface area contributed by atoms with Gasteiger partial charge < -0.3 is 5.32 Å². The summed E-state index contributed by atoms with van der Waals surface area (Å²) in [5, 5.41) is 8.02. The van der Waals surface area contributed by atoms with Gasteiger partial charge in [0.15, 0.2) is 0 Å². The average Bonchev–Trinajstić information content (AvgIpc) is 3.42. The van der Waals surface area contributed by atoms with Crippen LogP contribution in [0.3, 0.4) is 0 Å². The predicted molar refractivity (Wildman–Crippen MR) is 125 cm³/mol. The lowest BCUT2D eigenvalue weighted by molar-refractivity contribution is -0.117. The van der Waals surface area contributed by atoms with Crippen molar-refractivity contribution in [1.29, 1.82) is 0 Å². The fourth-order valence-corrected chi connectivity index (χ4v) is 4.60. The highest BCUT2D eigenvalue weighted by molar-refractivity contribution is 6.43. The summed E-state index contributed by atoms with van der Waals surface area (Å²) in [6.07, 6.45) is 2.25. The van der Waals surface area contributed by atoms with Crippen molar-refractivity contribution < 1.29 is 9.59 Å². The molecule has 1 N–H and O–H groups in total. The number of hydrogen-bond acceptors (Lipinski definition) is 4. The molecule has 1 saturated heterocycles. The molecule has 2 heterocycles. The summed E-state index contributed by atoms with van der Waals surface area (Å²) in [4.78, 5) is 28.3. The second kappa shape index (κ2) is 9.67. The zero-order chi connectivity index (χ0) is 22.7. The summed E-state index contributed by atoms with van der Waals surface area (Å²) in [5.74, 6) is -1.18. The molecule has 7 heteroatoms. The van der Waals surface area contributed by atoms with Crippen molar-refractivity contribution in [1.82, 2.24) is 20.0 Å². The van der Waals surface area contributed by atoms with E-state index in [-0.39, 0.29) is 6.04 Å². The predicted octanol–water partition coefficient (Wildman–Crippen LogP) is 4.28. The first-order valence-corrected chi connectivity index (χ1v) is 11.3. The Labute approximate surface area is 193 Å². The third-order valence-corrected chi connectivity index (χ3v) is 6.23. The molecule has 0 saturated carbocycles. The van der Waals surface area contributed by atoms with Crippen LogP contribution in [0.5, 0.6) is 0 Å². The molecule has 32 heavy (non-hydrogen) atoms. The van der Waals surface area contributed by atoms with Crippen molar-refractivity contribution in [3.05, 3.63) is 82.1 Å². The first-order valence-electron chi connectivity index (χ1n) is 10.9. The molecule has 1 atom stereocenters. The Balaban J connectivity index is 1.52. The number of aryl methyl sites for hydroxylation is 1. The van der Waals surface area contributed by atoms with Gasteiger partial charge in [0.2, 0.25) is 0 Å². The first-order chi connectivity index (χ1) is 15.5. The van der Waals surface area contributed by atoms with Gasteiger partial charge in [-0.15, -0.1) is 0 Å². The molecule has 1 fully saturated rings. The van der Waals surface area contributed by atoms with Crippen LogP contribution in [0.1, 0.15) is 46.2 Å². The highest BCUT2D eigenvalue weighted by Gasteiger charge is 2.28. The Kier molecular flexibility index (Phi) is 6.72. The van der Waals surface area contributed by atoms with Crippen LogP contribution in [0.15, 0.2) is 54.6 Å². The highest BCUT2D eigenvalue weighted by Crippen LogP contribution is 2.26. The van der Waals surface area contributed by atoms with E-state index in [0.29, 0.717) is 28.5 Å². The van der Waals surface area contributed by atoms with E-state index in [1.807, 2.05) is 61.5 Å². The second-order valence-electron chi connectivity index (χ2n) is 8.15. The lowest BCUT2D eigenvalue weighted by Crippen LogP contribution is -2.39. The van der Waals surface area contributed by atoms with E-state index >= 15 is 0 Å². The maximum atomic E-state index is 13.1. The number of nitrogens with zero attached hydrogens (tertiary/aromatic N) is 3. The second-order valence-corrected chi connectivity index (χ2v) is 8.58. The molecule has 166 valence electrons.